The predicted molar refractivity (Wildman–Crippen MR) is 73.4 cm³/mol. The lowest BCUT2D eigenvalue weighted by Gasteiger charge is -2.19. The van der Waals surface area contributed by atoms with Crippen molar-refractivity contribution in [2.24, 2.45) is 0 Å². The maximum atomic E-state index is 11.3. The molecule has 20 heavy (non-hydrogen) atoms. The number of rotatable bonds is 5. The van der Waals surface area contributed by atoms with Crippen molar-refractivity contribution >= 4 is 11.6 Å². The smallest absolute Gasteiger partial charge is 0.358 e. The molecule has 2 heterocycles. The number of ether oxygens (including phenoxy) is 2. The molecule has 0 bridgehead atoms. The highest BCUT2D eigenvalue weighted by atomic mass is 16.5. The molecule has 0 aromatic carbocycles. The number of carboxylic acids is 1. The summed E-state index contributed by atoms with van der Waals surface area (Å²) in [6.45, 7) is 6.46. The third-order valence-electron chi connectivity index (χ3n) is 2.56. The van der Waals surface area contributed by atoms with Crippen molar-refractivity contribution in [3.63, 3.8) is 0 Å². The van der Waals surface area contributed by atoms with Crippen molar-refractivity contribution < 1.29 is 19.4 Å². The molecule has 6 nitrogen and oxygen atoms in total. The van der Waals surface area contributed by atoms with Crippen molar-refractivity contribution in [3.8, 4) is 5.88 Å². The number of nitrogens with zero attached hydrogens (tertiary/aromatic N) is 2. The van der Waals surface area contributed by atoms with E-state index in [-0.39, 0.29) is 23.8 Å². The van der Waals surface area contributed by atoms with Gasteiger partial charge in [0.2, 0.25) is 5.88 Å². The number of hydrogen-bond acceptors (Lipinski definition) is 4. The van der Waals surface area contributed by atoms with Crippen LogP contribution in [0.3, 0.4) is 0 Å². The summed E-state index contributed by atoms with van der Waals surface area (Å²) in [6.07, 6.45) is 1.64. The van der Waals surface area contributed by atoms with Gasteiger partial charge < -0.3 is 14.6 Å². The van der Waals surface area contributed by atoms with Crippen molar-refractivity contribution in [2.45, 2.75) is 26.4 Å². The largest absolute Gasteiger partial charge is 0.476 e. The third kappa shape index (κ3) is 3.27. The van der Waals surface area contributed by atoms with E-state index in [9.17, 15) is 9.90 Å². The van der Waals surface area contributed by atoms with E-state index in [1.807, 2.05) is 20.8 Å². The average Bonchev–Trinajstić information content (AvgIpc) is 2.71. The molecule has 0 spiro atoms. The highest BCUT2D eigenvalue weighted by Crippen LogP contribution is 2.20. The van der Waals surface area contributed by atoms with Crippen LogP contribution < -0.4 is 4.74 Å². The molecule has 0 unspecified atom stereocenters. The van der Waals surface area contributed by atoms with Gasteiger partial charge in [-0.05, 0) is 32.9 Å². The minimum Gasteiger partial charge on any atom is -0.476 e. The van der Waals surface area contributed by atoms with Gasteiger partial charge in [-0.15, -0.1) is 0 Å². The van der Waals surface area contributed by atoms with Gasteiger partial charge in [0, 0.05) is 6.20 Å². The summed E-state index contributed by atoms with van der Waals surface area (Å²) < 4.78 is 12.4. The van der Waals surface area contributed by atoms with Gasteiger partial charge in [0.15, 0.2) is 5.69 Å². The van der Waals surface area contributed by atoms with Crippen molar-refractivity contribution in [1.82, 2.24) is 9.38 Å². The summed E-state index contributed by atoms with van der Waals surface area (Å²) in [5, 5.41) is 9.27. The van der Waals surface area contributed by atoms with Gasteiger partial charge >= 0.3 is 5.97 Å². The molecule has 0 radical (unpaired) electrons. The zero-order valence-corrected chi connectivity index (χ0v) is 11.8. The van der Waals surface area contributed by atoms with E-state index in [4.69, 9.17) is 9.47 Å². The molecule has 0 amide bonds. The zero-order valence-electron chi connectivity index (χ0n) is 11.8. The SMILES string of the molecule is CC(C)(C)OCCOc1nc2ccccn2c1C(=O)O. The molecule has 6 heteroatoms. The summed E-state index contributed by atoms with van der Waals surface area (Å²) >= 11 is 0. The quantitative estimate of drug-likeness (QED) is 0.849. The number of hydrogen-bond donors (Lipinski definition) is 1. The number of pyridine rings is 1. The Morgan fingerprint density at radius 3 is 2.75 bits per heavy atom. The Labute approximate surface area is 117 Å². The van der Waals surface area contributed by atoms with Crippen LogP contribution in [0, 0.1) is 0 Å². The lowest BCUT2D eigenvalue weighted by Crippen LogP contribution is -2.22. The van der Waals surface area contributed by atoms with Gasteiger partial charge in [-0.1, -0.05) is 6.07 Å². The van der Waals surface area contributed by atoms with E-state index in [1.54, 1.807) is 24.4 Å². The van der Waals surface area contributed by atoms with Crippen LogP contribution in [0.2, 0.25) is 0 Å². The first-order chi connectivity index (χ1) is 9.38. The Hall–Kier alpha value is -2.08. The van der Waals surface area contributed by atoms with Gasteiger partial charge in [-0.3, -0.25) is 4.40 Å². The van der Waals surface area contributed by atoms with E-state index in [0.29, 0.717) is 12.3 Å². The molecule has 0 aliphatic heterocycles. The van der Waals surface area contributed by atoms with E-state index < -0.39 is 5.97 Å². The molecular formula is C14H18N2O4. The maximum absolute atomic E-state index is 11.3. The van der Waals surface area contributed by atoms with Gasteiger partial charge in [-0.25, -0.2) is 4.79 Å². The Bertz CT molecular complexity index is 613. The van der Waals surface area contributed by atoms with Gasteiger partial charge in [0.05, 0.1) is 12.2 Å². The topological polar surface area (TPSA) is 73.1 Å². The first-order valence-corrected chi connectivity index (χ1v) is 6.35. The van der Waals surface area contributed by atoms with Crippen LogP contribution in [-0.2, 0) is 4.74 Å². The second kappa shape index (κ2) is 5.50. The summed E-state index contributed by atoms with van der Waals surface area (Å²) in [7, 11) is 0. The fourth-order valence-corrected chi connectivity index (χ4v) is 1.76. The summed E-state index contributed by atoms with van der Waals surface area (Å²) in [6, 6.07) is 5.26. The van der Waals surface area contributed by atoms with Crippen LogP contribution in [0.25, 0.3) is 5.65 Å². The second-order valence-electron chi connectivity index (χ2n) is 5.31. The zero-order chi connectivity index (χ0) is 14.8. The molecule has 2 aromatic heterocycles. The third-order valence-corrected chi connectivity index (χ3v) is 2.56. The number of carboxylic acid groups (broad SMARTS) is 1. The fraction of sp³-hybridized carbons (Fsp3) is 0.429. The lowest BCUT2D eigenvalue weighted by atomic mass is 10.2. The van der Waals surface area contributed by atoms with Crippen LogP contribution in [0.1, 0.15) is 31.3 Å². The lowest BCUT2D eigenvalue weighted by molar-refractivity contribution is -0.0169. The van der Waals surface area contributed by atoms with E-state index in [0.717, 1.165) is 0 Å². The van der Waals surface area contributed by atoms with Crippen LogP contribution >= 0.6 is 0 Å². The van der Waals surface area contributed by atoms with Gasteiger partial charge in [0.1, 0.15) is 12.3 Å². The van der Waals surface area contributed by atoms with Gasteiger partial charge in [-0.2, -0.15) is 4.98 Å². The minimum atomic E-state index is -1.07. The van der Waals surface area contributed by atoms with E-state index in [2.05, 4.69) is 4.98 Å². The maximum Gasteiger partial charge on any atom is 0.358 e. The number of carbonyl (C=O) groups is 1. The van der Waals surface area contributed by atoms with Crippen molar-refractivity contribution in [1.29, 1.82) is 0 Å². The van der Waals surface area contributed by atoms with E-state index >= 15 is 0 Å². The molecule has 1 N–H and O–H groups in total. The van der Waals surface area contributed by atoms with Crippen LogP contribution in [0.4, 0.5) is 0 Å². The van der Waals surface area contributed by atoms with Crippen LogP contribution in [-0.4, -0.2) is 39.3 Å². The molecule has 0 aliphatic rings. The van der Waals surface area contributed by atoms with Crippen LogP contribution in [0.15, 0.2) is 24.4 Å². The number of imidazole rings is 1. The molecule has 0 saturated carbocycles. The predicted octanol–water partition coefficient (Wildman–Crippen LogP) is 2.23. The molecule has 108 valence electrons. The Kier molecular flexibility index (Phi) is 3.94. The Morgan fingerprint density at radius 2 is 2.10 bits per heavy atom. The van der Waals surface area contributed by atoms with Crippen molar-refractivity contribution in [3.05, 3.63) is 30.1 Å². The average molecular weight is 278 g/mol. The second-order valence-corrected chi connectivity index (χ2v) is 5.31. The summed E-state index contributed by atoms with van der Waals surface area (Å²) in [5.41, 5.74) is 0.311. The fourth-order valence-electron chi connectivity index (χ4n) is 1.76. The highest BCUT2D eigenvalue weighted by Gasteiger charge is 2.20. The normalized spacial score (nSPS) is 11.8. The highest BCUT2D eigenvalue weighted by molar-refractivity contribution is 5.89. The number of fused-ring (bicyclic) bond motifs is 1. The first-order valence-electron chi connectivity index (χ1n) is 6.35. The number of aromatic nitrogens is 2. The molecule has 0 fully saturated rings. The van der Waals surface area contributed by atoms with Gasteiger partial charge in [0.25, 0.3) is 0 Å². The molecule has 0 saturated heterocycles. The van der Waals surface area contributed by atoms with E-state index in [1.165, 1.54) is 4.40 Å². The molecule has 2 aromatic rings. The molecular weight excluding hydrogens is 260 g/mol. The molecule has 0 aliphatic carbocycles. The summed E-state index contributed by atoms with van der Waals surface area (Å²) in [4.78, 5) is 15.5. The first kappa shape index (κ1) is 14.3. The Balaban J connectivity index is 2.13. The minimum absolute atomic E-state index is 0.0244. The molecule has 2 rings (SSSR count). The monoisotopic (exact) mass is 278 g/mol. The molecule has 0 atom stereocenters. The summed E-state index contributed by atoms with van der Waals surface area (Å²) in [5.74, 6) is -0.961. The van der Waals surface area contributed by atoms with Crippen molar-refractivity contribution in [2.75, 3.05) is 13.2 Å². The van der Waals surface area contributed by atoms with Crippen LogP contribution in [0.5, 0.6) is 5.88 Å². The Morgan fingerprint density at radius 1 is 1.35 bits per heavy atom. The number of aromatic carboxylic acids is 1. The standard InChI is InChI=1S/C14H18N2O4/c1-14(2,3)20-9-8-19-12-11(13(17)18)16-7-5-4-6-10(16)15-12/h4-7H,8-9H2,1-3H3,(H,17,18).